The first-order valence-corrected chi connectivity index (χ1v) is 6.33. The van der Waals surface area contributed by atoms with E-state index in [2.05, 4.69) is 12.2 Å². The van der Waals surface area contributed by atoms with Crippen molar-refractivity contribution in [1.29, 1.82) is 0 Å². The molecule has 0 aliphatic rings. The molecule has 0 radical (unpaired) electrons. The molecule has 0 fully saturated rings. The molecule has 0 unspecified atom stereocenters. The molecule has 1 N–H and O–H groups in total. The van der Waals surface area contributed by atoms with Gasteiger partial charge in [0.25, 0.3) is 0 Å². The highest BCUT2D eigenvalue weighted by atomic mass is 19.1. The highest BCUT2D eigenvalue weighted by Crippen LogP contribution is 2.02. The summed E-state index contributed by atoms with van der Waals surface area (Å²) in [5, 5.41) is 3.01. The third kappa shape index (κ3) is 6.35. The van der Waals surface area contributed by atoms with Gasteiger partial charge < -0.3 is 10.1 Å². The second kappa shape index (κ2) is 8.64. The summed E-state index contributed by atoms with van der Waals surface area (Å²) < 4.78 is 17.7. The lowest BCUT2D eigenvalue weighted by atomic mass is 10.1. The SMILES string of the molecule is CCCCOC(=O)CNCCc1ccc(F)cc1. The first-order valence-electron chi connectivity index (χ1n) is 6.33. The maximum absolute atomic E-state index is 12.7. The van der Waals surface area contributed by atoms with Crippen LogP contribution in [-0.2, 0) is 16.0 Å². The predicted molar refractivity (Wildman–Crippen MR) is 68.8 cm³/mol. The molecule has 0 heterocycles. The smallest absolute Gasteiger partial charge is 0.319 e. The Balaban J connectivity index is 2.07. The van der Waals surface area contributed by atoms with Gasteiger partial charge in [-0.3, -0.25) is 4.79 Å². The fraction of sp³-hybridized carbons (Fsp3) is 0.500. The van der Waals surface area contributed by atoms with Crippen molar-refractivity contribution in [3.8, 4) is 0 Å². The summed E-state index contributed by atoms with van der Waals surface area (Å²) >= 11 is 0. The number of esters is 1. The van der Waals surface area contributed by atoms with Gasteiger partial charge in [-0.25, -0.2) is 4.39 Å². The molecule has 1 aromatic carbocycles. The Morgan fingerprint density at radius 2 is 2.06 bits per heavy atom. The predicted octanol–water partition coefficient (Wildman–Crippen LogP) is 2.30. The van der Waals surface area contributed by atoms with Crippen LogP contribution in [0.15, 0.2) is 24.3 Å². The van der Waals surface area contributed by atoms with E-state index in [-0.39, 0.29) is 18.3 Å². The average molecular weight is 253 g/mol. The zero-order valence-electron chi connectivity index (χ0n) is 10.7. The number of unbranched alkanes of at least 4 members (excludes halogenated alkanes) is 1. The van der Waals surface area contributed by atoms with Crippen molar-refractivity contribution in [2.24, 2.45) is 0 Å². The van der Waals surface area contributed by atoms with Gasteiger partial charge in [-0.1, -0.05) is 25.5 Å². The monoisotopic (exact) mass is 253 g/mol. The van der Waals surface area contributed by atoms with Crippen LogP contribution in [0.1, 0.15) is 25.3 Å². The molecule has 3 nitrogen and oxygen atoms in total. The van der Waals surface area contributed by atoms with Crippen molar-refractivity contribution in [2.75, 3.05) is 19.7 Å². The first kappa shape index (κ1) is 14.6. The third-order valence-electron chi connectivity index (χ3n) is 2.53. The minimum Gasteiger partial charge on any atom is -0.465 e. The number of halogens is 1. The molecule has 4 heteroatoms. The van der Waals surface area contributed by atoms with Crippen LogP contribution in [-0.4, -0.2) is 25.7 Å². The summed E-state index contributed by atoms with van der Waals surface area (Å²) in [7, 11) is 0. The van der Waals surface area contributed by atoms with Gasteiger partial charge >= 0.3 is 5.97 Å². The van der Waals surface area contributed by atoms with Gasteiger partial charge in [-0.2, -0.15) is 0 Å². The molecule has 0 bridgehead atoms. The van der Waals surface area contributed by atoms with Crippen LogP contribution < -0.4 is 5.32 Å². The van der Waals surface area contributed by atoms with Gasteiger partial charge in [0.05, 0.1) is 13.2 Å². The molecule has 0 atom stereocenters. The maximum Gasteiger partial charge on any atom is 0.319 e. The third-order valence-corrected chi connectivity index (χ3v) is 2.53. The number of carbonyl (C=O) groups excluding carboxylic acids is 1. The molecular weight excluding hydrogens is 233 g/mol. The van der Waals surface area contributed by atoms with Crippen LogP contribution in [0.3, 0.4) is 0 Å². The van der Waals surface area contributed by atoms with Crippen molar-refractivity contribution in [2.45, 2.75) is 26.2 Å². The molecule has 0 spiro atoms. The van der Waals surface area contributed by atoms with Crippen LogP contribution in [0.25, 0.3) is 0 Å². The fourth-order valence-corrected chi connectivity index (χ4v) is 1.46. The standard InChI is InChI=1S/C14H20FNO2/c1-2-3-10-18-14(17)11-16-9-8-12-4-6-13(15)7-5-12/h4-7,16H,2-3,8-11H2,1H3. The van der Waals surface area contributed by atoms with E-state index in [1.54, 1.807) is 12.1 Å². The van der Waals surface area contributed by atoms with Gasteiger partial charge in [0.2, 0.25) is 0 Å². The lowest BCUT2D eigenvalue weighted by molar-refractivity contribution is -0.142. The quantitative estimate of drug-likeness (QED) is 0.570. The first-order chi connectivity index (χ1) is 8.72. The summed E-state index contributed by atoms with van der Waals surface area (Å²) in [6, 6.07) is 6.37. The minimum absolute atomic E-state index is 0.220. The van der Waals surface area contributed by atoms with Crippen LogP contribution >= 0.6 is 0 Å². The lowest BCUT2D eigenvalue weighted by Gasteiger charge is -2.06. The van der Waals surface area contributed by atoms with Crippen molar-refractivity contribution in [3.63, 3.8) is 0 Å². The van der Waals surface area contributed by atoms with Crippen LogP contribution in [0, 0.1) is 5.82 Å². The Bertz CT molecular complexity index is 351. The normalized spacial score (nSPS) is 10.3. The molecule has 0 aromatic heterocycles. The molecule has 0 amide bonds. The van der Waals surface area contributed by atoms with E-state index in [1.165, 1.54) is 12.1 Å². The Hall–Kier alpha value is -1.42. The topological polar surface area (TPSA) is 38.3 Å². The lowest BCUT2D eigenvalue weighted by Crippen LogP contribution is -2.26. The van der Waals surface area contributed by atoms with Crippen molar-refractivity contribution < 1.29 is 13.9 Å². The number of rotatable bonds is 8. The second-order valence-corrected chi connectivity index (χ2v) is 4.13. The summed E-state index contributed by atoms with van der Waals surface area (Å²) in [6.45, 7) is 3.45. The van der Waals surface area contributed by atoms with Crippen molar-refractivity contribution in [1.82, 2.24) is 5.32 Å². The summed E-state index contributed by atoms with van der Waals surface area (Å²) in [6.07, 6.45) is 2.69. The Morgan fingerprint density at radius 3 is 2.72 bits per heavy atom. The van der Waals surface area contributed by atoms with Gasteiger partial charge in [0, 0.05) is 0 Å². The molecule has 0 aliphatic heterocycles. The minimum atomic E-state index is -0.230. The zero-order chi connectivity index (χ0) is 13.2. The summed E-state index contributed by atoms with van der Waals surface area (Å²) in [5.41, 5.74) is 1.04. The van der Waals surface area contributed by atoms with Gasteiger partial charge in [0.1, 0.15) is 5.82 Å². The molecule has 0 saturated heterocycles. The Morgan fingerprint density at radius 1 is 1.33 bits per heavy atom. The molecule has 100 valence electrons. The Kier molecular flexibility index (Phi) is 7.03. The van der Waals surface area contributed by atoms with Crippen molar-refractivity contribution >= 4 is 5.97 Å². The maximum atomic E-state index is 12.7. The fourth-order valence-electron chi connectivity index (χ4n) is 1.46. The van der Waals surface area contributed by atoms with Crippen molar-refractivity contribution in [3.05, 3.63) is 35.6 Å². The summed E-state index contributed by atoms with van der Waals surface area (Å²) in [5.74, 6) is -0.450. The average Bonchev–Trinajstić information content (AvgIpc) is 2.37. The van der Waals surface area contributed by atoms with E-state index in [1.807, 2.05) is 0 Å². The van der Waals surface area contributed by atoms with E-state index < -0.39 is 0 Å². The van der Waals surface area contributed by atoms with Crippen LogP contribution in [0.2, 0.25) is 0 Å². The molecule has 0 saturated carbocycles. The molecule has 18 heavy (non-hydrogen) atoms. The van der Waals surface area contributed by atoms with Crippen LogP contribution in [0.5, 0.6) is 0 Å². The molecule has 1 rings (SSSR count). The number of benzene rings is 1. The Labute approximate surface area is 107 Å². The van der Waals surface area contributed by atoms with E-state index in [0.717, 1.165) is 24.8 Å². The largest absolute Gasteiger partial charge is 0.465 e. The van der Waals surface area contributed by atoms with Gasteiger partial charge in [-0.15, -0.1) is 0 Å². The zero-order valence-corrected chi connectivity index (χ0v) is 10.7. The number of hydrogen-bond acceptors (Lipinski definition) is 3. The molecule has 0 aliphatic carbocycles. The molecular formula is C14H20FNO2. The van der Waals surface area contributed by atoms with Gasteiger partial charge in [-0.05, 0) is 37.1 Å². The number of nitrogens with one attached hydrogen (secondary N) is 1. The number of hydrogen-bond donors (Lipinski definition) is 1. The number of carbonyl (C=O) groups is 1. The van der Waals surface area contributed by atoms with E-state index in [4.69, 9.17) is 4.74 Å². The van der Waals surface area contributed by atoms with E-state index in [0.29, 0.717) is 13.2 Å². The molecule has 1 aromatic rings. The van der Waals surface area contributed by atoms with Gasteiger partial charge in [0.15, 0.2) is 0 Å². The summed E-state index contributed by atoms with van der Waals surface area (Å²) in [4.78, 5) is 11.2. The highest BCUT2D eigenvalue weighted by molar-refractivity contribution is 5.71. The number of ether oxygens (including phenoxy) is 1. The van der Waals surface area contributed by atoms with E-state index >= 15 is 0 Å². The van der Waals surface area contributed by atoms with Crippen LogP contribution in [0.4, 0.5) is 4.39 Å². The highest BCUT2D eigenvalue weighted by Gasteiger charge is 2.01. The second-order valence-electron chi connectivity index (χ2n) is 4.13. The van der Waals surface area contributed by atoms with E-state index in [9.17, 15) is 9.18 Å².